The molecule has 2 fully saturated rings. The maximum Gasteiger partial charge on any atom is 0.227 e. The second kappa shape index (κ2) is 6.99. The SMILES string of the molecule is c1ccc2c(c1)OC1(CCC1)c1nc(Nc3ccc(N4CCNCC4)cc3)ncc1-2. The number of benzene rings is 2. The largest absolute Gasteiger partial charge is 0.480 e. The van der Waals surface area contributed by atoms with E-state index in [0.29, 0.717) is 5.95 Å². The Morgan fingerprint density at radius 1 is 0.967 bits per heavy atom. The molecular weight excluding hydrogens is 374 g/mol. The van der Waals surface area contributed by atoms with Gasteiger partial charge in [-0.3, -0.25) is 0 Å². The molecule has 1 aliphatic carbocycles. The van der Waals surface area contributed by atoms with Crippen LogP contribution in [0.2, 0.25) is 0 Å². The highest BCUT2D eigenvalue weighted by Crippen LogP contribution is 2.53. The maximum atomic E-state index is 6.44. The van der Waals surface area contributed by atoms with Crippen LogP contribution in [0.4, 0.5) is 17.3 Å². The van der Waals surface area contributed by atoms with Gasteiger partial charge in [-0.1, -0.05) is 18.2 Å². The van der Waals surface area contributed by atoms with E-state index in [4.69, 9.17) is 9.72 Å². The fraction of sp³-hybridized carbons (Fsp3) is 0.333. The number of piperazine rings is 1. The molecule has 6 nitrogen and oxygen atoms in total. The van der Waals surface area contributed by atoms with Crippen molar-refractivity contribution in [2.24, 2.45) is 0 Å². The number of nitrogens with one attached hydrogen (secondary N) is 2. The summed E-state index contributed by atoms with van der Waals surface area (Å²) in [6.45, 7) is 4.17. The van der Waals surface area contributed by atoms with Crippen LogP contribution in [-0.2, 0) is 5.60 Å². The molecule has 3 aromatic rings. The van der Waals surface area contributed by atoms with Gasteiger partial charge in [0.05, 0.1) is 5.69 Å². The van der Waals surface area contributed by atoms with Crippen molar-refractivity contribution in [2.75, 3.05) is 36.4 Å². The minimum atomic E-state index is -0.296. The van der Waals surface area contributed by atoms with E-state index >= 15 is 0 Å². The van der Waals surface area contributed by atoms with Crippen molar-refractivity contribution in [1.29, 1.82) is 0 Å². The molecule has 6 rings (SSSR count). The van der Waals surface area contributed by atoms with Crippen molar-refractivity contribution in [1.82, 2.24) is 15.3 Å². The smallest absolute Gasteiger partial charge is 0.227 e. The number of fused-ring (bicyclic) bond motifs is 4. The third kappa shape index (κ3) is 2.91. The summed E-state index contributed by atoms with van der Waals surface area (Å²) in [4.78, 5) is 12.0. The number of aromatic nitrogens is 2. The number of anilines is 3. The van der Waals surface area contributed by atoms with Crippen molar-refractivity contribution in [2.45, 2.75) is 24.9 Å². The Kier molecular flexibility index (Phi) is 4.13. The van der Waals surface area contributed by atoms with Crippen molar-refractivity contribution < 1.29 is 4.74 Å². The molecule has 1 aromatic heterocycles. The number of ether oxygens (including phenoxy) is 1. The molecule has 0 amide bonds. The minimum absolute atomic E-state index is 0.296. The normalized spacial score (nSPS) is 18.7. The third-order valence-electron chi connectivity index (χ3n) is 6.47. The number of rotatable bonds is 3. The lowest BCUT2D eigenvalue weighted by atomic mass is 9.74. The molecule has 3 aliphatic rings. The van der Waals surface area contributed by atoms with Crippen LogP contribution < -0.4 is 20.3 Å². The Morgan fingerprint density at radius 2 is 1.77 bits per heavy atom. The topological polar surface area (TPSA) is 62.3 Å². The lowest BCUT2D eigenvalue weighted by Gasteiger charge is -2.45. The highest BCUT2D eigenvalue weighted by molar-refractivity contribution is 5.75. The van der Waals surface area contributed by atoms with Gasteiger partial charge in [0.15, 0.2) is 5.60 Å². The van der Waals surface area contributed by atoms with Crippen LogP contribution in [0.25, 0.3) is 11.1 Å². The van der Waals surface area contributed by atoms with Crippen LogP contribution in [0.1, 0.15) is 25.0 Å². The molecule has 1 saturated heterocycles. The summed E-state index contributed by atoms with van der Waals surface area (Å²) in [7, 11) is 0. The highest BCUT2D eigenvalue weighted by atomic mass is 16.5. The van der Waals surface area contributed by atoms with Gasteiger partial charge in [-0.2, -0.15) is 0 Å². The predicted molar refractivity (Wildman–Crippen MR) is 118 cm³/mol. The molecule has 3 heterocycles. The average molecular weight is 399 g/mol. The summed E-state index contributed by atoms with van der Waals surface area (Å²) in [5.74, 6) is 1.57. The van der Waals surface area contributed by atoms with Crippen molar-refractivity contribution in [3.05, 3.63) is 60.4 Å². The van der Waals surface area contributed by atoms with Crippen LogP contribution in [0.5, 0.6) is 5.75 Å². The van der Waals surface area contributed by atoms with Crippen molar-refractivity contribution >= 4 is 17.3 Å². The zero-order chi connectivity index (χ0) is 20.0. The summed E-state index contributed by atoms with van der Waals surface area (Å²) < 4.78 is 6.44. The lowest BCUT2D eigenvalue weighted by molar-refractivity contribution is -0.0184. The fourth-order valence-corrected chi connectivity index (χ4v) is 4.67. The van der Waals surface area contributed by atoms with Crippen LogP contribution in [0.15, 0.2) is 54.7 Å². The quantitative estimate of drug-likeness (QED) is 0.692. The highest BCUT2D eigenvalue weighted by Gasteiger charge is 2.47. The summed E-state index contributed by atoms with van der Waals surface area (Å²) in [5.41, 5.74) is 5.14. The molecule has 0 unspecified atom stereocenters. The molecule has 0 atom stereocenters. The van der Waals surface area contributed by atoms with Crippen molar-refractivity contribution in [3.63, 3.8) is 0 Å². The first-order chi connectivity index (χ1) is 14.8. The van der Waals surface area contributed by atoms with E-state index < -0.39 is 0 Å². The molecule has 2 aliphatic heterocycles. The van der Waals surface area contributed by atoms with Crippen LogP contribution in [-0.4, -0.2) is 36.1 Å². The Morgan fingerprint density at radius 3 is 2.53 bits per heavy atom. The van der Waals surface area contributed by atoms with Crippen molar-refractivity contribution in [3.8, 4) is 16.9 Å². The van der Waals surface area contributed by atoms with Gasteiger partial charge in [0, 0.05) is 54.9 Å². The first kappa shape index (κ1) is 17.7. The molecule has 1 saturated carbocycles. The van der Waals surface area contributed by atoms with E-state index in [1.165, 1.54) is 12.1 Å². The zero-order valence-corrected chi connectivity index (χ0v) is 16.9. The van der Waals surface area contributed by atoms with Gasteiger partial charge in [-0.15, -0.1) is 0 Å². The Labute approximate surface area is 176 Å². The Hall–Kier alpha value is -3.12. The molecule has 6 heteroatoms. The molecule has 30 heavy (non-hydrogen) atoms. The van der Waals surface area contributed by atoms with E-state index in [2.05, 4.69) is 50.8 Å². The summed E-state index contributed by atoms with van der Waals surface area (Å²) >= 11 is 0. The van der Waals surface area contributed by atoms with Gasteiger partial charge in [0.1, 0.15) is 5.75 Å². The first-order valence-electron chi connectivity index (χ1n) is 10.8. The third-order valence-corrected chi connectivity index (χ3v) is 6.47. The lowest BCUT2D eigenvalue weighted by Crippen LogP contribution is -2.43. The van der Waals surface area contributed by atoms with E-state index in [9.17, 15) is 0 Å². The number of para-hydroxylation sites is 1. The second-order valence-electron chi connectivity index (χ2n) is 8.31. The Balaban J connectivity index is 1.29. The van der Waals surface area contributed by atoms with Crippen LogP contribution in [0, 0.1) is 0 Å². The molecular formula is C24H25N5O. The monoisotopic (exact) mass is 399 g/mol. The number of hydrogen-bond acceptors (Lipinski definition) is 6. The van der Waals surface area contributed by atoms with Crippen LogP contribution >= 0.6 is 0 Å². The van der Waals surface area contributed by atoms with E-state index in [1.54, 1.807) is 0 Å². The van der Waals surface area contributed by atoms with Gasteiger partial charge in [0.2, 0.25) is 5.95 Å². The summed E-state index contributed by atoms with van der Waals surface area (Å²) in [6.07, 6.45) is 5.12. The minimum Gasteiger partial charge on any atom is -0.480 e. The molecule has 0 radical (unpaired) electrons. The standard InChI is InChI=1S/C24H25N5O/c1-2-5-21-19(4-1)20-16-26-23(28-22(20)24(30-21)10-3-11-24)27-17-6-8-18(9-7-17)29-14-12-25-13-15-29/h1-2,4-9,16,25H,3,10-15H2,(H,26,27,28). The average Bonchev–Trinajstić information content (AvgIpc) is 2.78. The number of hydrogen-bond donors (Lipinski definition) is 2. The first-order valence-corrected chi connectivity index (χ1v) is 10.8. The van der Waals surface area contributed by atoms with Gasteiger partial charge in [-0.05, 0) is 49.6 Å². The summed E-state index contributed by atoms with van der Waals surface area (Å²) in [6, 6.07) is 16.7. The van der Waals surface area contributed by atoms with Gasteiger partial charge < -0.3 is 20.3 Å². The number of nitrogens with zero attached hydrogens (tertiary/aromatic N) is 3. The molecule has 2 N–H and O–H groups in total. The van der Waals surface area contributed by atoms with Gasteiger partial charge in [-0.25, -0.2) is 9.97 Å². The summed E-state index contributed by atoms with van der Waals surface area (Å²) in [5, 5.41) is 6.78. The zero-order valence-electron chi connectivity index (χ0n) is 16.9. The van der Waals surface area contributed by atoms with Gasteiger partial charge in [0.25, 0.3) is 0 Å². The van der Waals surface area contributed by atoms with E-state index in [0.717, 1.165) is 67.3 Å². The van der Waals surface area contributed by atoms with E-state index in [-0.39, 0.29) is 5.60 Å². The maximum absolute atomic E-state index is 6.44. The molecule has 0 bridgehead atoms. The molecule has 2 aromatic carbocycles. The predicted octanol–water partition coefficient (Wildman–Crippen LogP) is 4.07. The Bertz CT molecular complexity index is 1070. The molecule has 152 valence electrons. The molecule has 1 spiro atoms. The van der Waals surface area contributed by atoms with E-state index in [1.807, 2.05) is 24.4 Å². The van der Waals surface area contributed by atoms with Crippen LogP contribution in [0.3, 0.4) is 0 Å². The van der Waals surface area contributed by atoms with Gasteiger partial charge >= 0.3 is 0 Å². The second-order valence-corrected chi connectivity index (χ2v) is 8.31. The fourth-order valence-electron chi connectivity index (χ4n) is 4.67.